The van der Waals surface area contributed by atoms with Crippen LogP contribution < -0.4 is 14.4 Å². The van der Waals surface area contributed by atoms with E-state index in [4.69, 9.17) is 9.47 Å². The summed E-state index contributed by atoms with van der Waals surface area (Å²) in [5.41, 5.74) is 4.63. The monoisotopic (exact) mass is 485 g/mol. The molecule has 1 amide bonds. The fourth-order valence-electron chi connectivity index (χ4n) is 4.43. The molecule has 1 unspecified atom stereocenters. The molecule has 4 rings (SSSR count). The van der Waals surface area contributed by atoms with Crippen LogP contribution in [0.3, 0.4) is 0 Å². The van der Waals surface area contributed by atoms with Gasteiger partial charge in [-0.05, 0) is 91.9 Å². The fourth-order valence-corrected chi connectivity index (χ4v) is 4.43. The number of carbonyl (C=O) groups excluding carboxylic acids is 2. The lowest BCUT2D eigenvalue weighted by Gasteiger charge is -2.26. The smallest absolute Gasteiger partial charge is 0.300 e. The molecule has 1 N–H and O–H groups in total. The topological polar surface area (TPSA) is 76.1 Å². The van der Waals surface area contributed by atoms with Crippen molar-refractivity contribution < 1.29 is 24.2 Å². The highest BCUT2D eigenvalue weighted by Gasteiger charge is 2.47. The van der Waals surface area contributed by atoms with Gasteiger partial charge in [-0.1, -0.05) is 25.1 Å². The molecule has 6 heteroatoms. The van der Waals surface area contributed by atoms with Gasteiger partial charge in [0.25, 0.3) is 11.7 Å². The minimum Gasteiger partial charge on any atom is -0.507 e. The van der Waals surface area contributed by atoms with Gasteiger partial charge in [0.05, 0.1) is 25.3 Å². The molecule has 0 spiro atoms. The van der Waals surface area contributed by atoms with Crippen molar-refractivity contribution >= 4 is 23.1 Å². The first-order chi connectivity index (χ1) is 17.3. The molecule has 1 heterocycles. The zero-order valence-corrected chi connectivity index (χ0v) is 21.3. The molecule has 3 aromatic rings. The number of nitrogens with zero attached hydrogens (tertiary/aromatic N) is 1. The second kappa shape index (κ2) is 10.3. The number of benzene rings is 3. The minimum absolute atomic E-state index is 0.0353. The molecule has 3 aromatic carbocycles. The van der Waals surface area contributed by atoms with E-state index in [2.05, 4.69) is 0 Å². The van der Waals surface area contributed by atoms with E-state index >= 15 is 0 Å². The van der Waals surface area contributed by atoms with Gasteiger partial charge in [-0.2, -0.15) is 0 Å². The second-order valence-corrected chi connectivity index (χ2v) is 9.04. The van der Waals surface area contributed by atoms with Gasteiger partial charge in [-0.3, -0.25) is 14.5 Å². The van der Waals surface area contributed by atoms with Gasteiger partial charge in [0.2, 0.25) is 0 Å². The van der Waals surface area contributed by atoms with Gasteiger partial charge >= 0.3 is 0 Å². The Bertz CT molecular complexity index is 1360. The Morgan fingerprint density at radius 3 is 2.39 bits per heavy atom. The van der Waals surface area contributed by atoms with E-state index in [0.29, 0.717) is 34.9 Å². The number of aliphatic hydroxyl groups excluding tert-OH is 1. The van der Waals surface area contributed by atoms with Crippen molar-refractivity contribution in [3.8, 4) is 11.5 Å². The molecular formula is C30H31NO5. The molecular weight excluding hydrogens is 454 g/mol. The number of rotatable bonds is 7. The van der Waals surface area contributed by atoms with Crippen molar-refractivity contribution in [3.05, 3.63) is 94.1 Å². The summed E-state index contributed by atoms with van der Waals surface area (Å²) in [5, 5.41) is 11.4. The van der Waals surface area contributed by atoms with Gasteiger partial charge in [0.15, 0.2) is 0 Å². The molecule has 1 fully saturated rings. The summed E-state index contributed by atoms with van der Waals surface area (Å²) in [6.45, 7) is 8.45. The fraction of sp³-hybridized carbons (Fsp3) is 0.267. The molecule has 6 nitrogen and oxygen atoms in total. The Labute approximate surface area is 211 Å². The largest absolute Gasteiger partial charge is 0.507 e. The number of hydrogen-bond acceptors (Lipinski definition) is 5. The highest BCUT2D eigenvalue weighted by molar-refractivity contribution is 6.51. The summed E-state index contributed by atoms with van der Waals surface area (Å²) in [6, 6.07) is 17.3. The molecule has 0 saturated carbocycles. The van der Waals surface area contributed by atoms with Gasteiger partial charge in [-0.15, -0.1) is 0 Å². The SMILES string of the molecule is CCCOc1ccc(/C(O)=C2\C(=O)C(=O)N(c3ccc(C)c(C)c3)C2c2cccc(OC)c2)cc1C. The normalized spacial score (nSPS) is 16.9. The summed E-state index contributed by atoms with van der Waals surface area (Å²) in [5.74, 6) is -0.341. The summed E-state index contributed by atoms with van der Waals surface area (Å²) >= 11 is 0. The third kappa shape index (κ3) is 4.59. The molecule has 1 atom stereocenters. The van der Waals surface area contributed by atoms with Crippen molar-refractivity contribution in [2.75, 3.05) is 18.6 Å². The number of Topliss-reactive ketones (excluding diaryl/α,β-unsaturated/α-hetero) is 1. The summed E-state index contributed by atoms with van der Waals surface area (Å²) in [6.07, 6.45) is 0.879. The van der Waals surface area contributed by atoms with Crippen LogP contribution in [0, 0.1) is 20.8 Å². The lowest BCUT2D eigenvalue weighted by molar-refractivity contribution is -0.132. The number of aliphatic hydroxyl groups is 1. The van der Waals surface area contributed by atoms with Crippen LogP contribution >= 0.6 is 0 Å². The predicted molar refractivity (Wildman–Crippen MR) is 141 cm³/mol. The van der Waals surface area contributed by atoms with E-state index in [-0.39, 0.29) is 11.3 Å². The molecule has 186 valence electrons. The lowest BCUT2D eigenvalue weighted by atomic mass is 9.94. The number of ether oxygens (including phenoxy) is 2. The minimum atomic E-state index is -0.821. The van der Waals surface area contributed by atoms with Crippen molar-refractivity contribution in [3.63, 3.8) is 0 Å². The molecule has 0 radical (unpaired) electrons. The predicted octanol–water partition coefficient (Wildman–Crippen LogP) is 6.04. The van der Waals surface area contributed by atoms with Crippen molar-refractivity contribution in [1.82, 2.24) is 0 Å². The molecule has 0 bridgehead atoms. The van der Waals surface area contributed by atoms with Gasteiger partial charge in [-0.25, -0.2) is 0 Å². The quantitative estimate of drug-likeness (QED) is 0.251. The number of aryl methyl sites for hydroxylation is 3. The Morgan fingerprint density at radius 1 is 0.944 bits per heavy atom. The van der Waals surface area contributed by atoms with E-state index in [1.165, 1.54) is 4.90 Å². The Hall–Kier alpha value is -4.06. The van der Waals surface area contributed by atoms with E-state index in [9.17, 15) is 14.7 Å². The third-order valence-electron chi connectivity index (χ3n) is 6.53. The summed E-state index contributed by atoms with van der Waals surface area (Å²) in [7, 11) is 1.56. The number of anilines is 1. The molecule has 1 aliphatic heterocycles. The van der Waals surface area contributed by atoms with Crippen LogP contribution in [0.15, 0.2) is 66.2 Å². The van der Waals surface area contributed by atoms with Crippen LogP contribution in [0.25, 0.3) is 5.76 Å². The highest BCUT2D eigenvalue weighted by Crippen LogP contribution is 2.43. The maximum atomic E-state index is 13.4. The lowest BCUT2D eigenvalue weighted by Crippen LogP contribution is -2.29. The Morgan fingerprint density at radius 2 is 1.72 bits per heavy atom. The first kappa shape index (κ1) is 25.0. The average Bonchev–Trinajstić information content (AvgIpc) is 3.14. The third-order valence-corrected chi connectivity index (χ3v) is 6.53. The molecule has 0 aromatic heterocycles. The first-order valence-electron chi connectivity index (χ1n) is 12.0. The van der Waals surface area contributed by atoms with Crippen LogP contribution in [0.1, 0.15) is 47.2 Å². The average molecular weight is 486 g/mol. The number of amides is 1. The van der Waals surface area contributed by atoms with Crippen LogP contribution in [-0.4, -0.2) is 30.5 Å². The molecule has 0 aliphatic carbocycles. The number of hydrogen-bond donors (Lipinski definition) is 1. The number of ketones is 1. The van der Waals surface area contributed by atoms with Crippen molar-refractivity contribution in [2.24, 2.45) is 0 Å². The molecule has 1 saturated heterocycles. The van der Waals surface area contributed by atoms with E-state index < -0.39 is 17.7 Å². The van der Waals surface area contributed by atoms with Gasteiger partial charge < -0.3 is 14.6 Å². The van der Waals surface area contributed by atoms with Crippen LogP contribution in [0.5, 0.6) is 11.5 Å². The molecule has 1 aliphatic rings. The highest BCUT2D eigenvalue weighted by atomic mass is 16.5. The van der Waals surface area contributed by atoms with Crippen molar-refractivity contribution in [1.29, 1.82) is 0 Å². The van der Waals surface area contributed by atoms with Crippen molar-refractivity contribution in [2.45, 2.75) is 40.2 Å². The number of carbonyl (C=O) groups is 2. The standard InChI is InChI=1S/C30H31NO5/c1-6-14-36-25-13-11-22(15-20(25)4)28(32)26-27(21-8-7-9-24(17-21)35-5)31(30(34)29(26)33)23-12-10-18(2)19(3)16-23/h7-13,15-17,27,32H,6,14H2,1-5H3/b28-26+. The van der Waals surface area contributed by atoms with E-state index in [0.717, 1.165) is 23.1 Å². The maximum Gasteiger partial charge on any atom is 0.300 e. The zero-order valence-electron chi connectivity index (χ0n) is 21.3. The maximum absolute atomic E-state index is 13.4. The first-order valence-corrected chi connectivity index (χ1v) is 12.0. The van der Waals surface area contributed by atoms with Gasteiger partial charge in [0, 0.05) is 11.3 Å². The zero-order chi connectivity index (χ0) is 26.0. The van der Waals surface area contributed by atoms with E-state index in [1.54, 1.807) is 43.5 Å². The Kier molecular flexibility index (Phi) is 7.15. The van der Waals surface area contributed by atoms with Crippen LogP contribution in [-0.2, 0) is 9.59 Å². The van der Waals surface area contributed by atoms with Crippen LogP contribution in [0.4, 0.5) is 5.69 Å². The Balaban J connectivity index is 1.90. The molecule has 36 heavy (non-hydrogen) atoms. The summed E-state index contributed by atoms with van der Waals surface area (Å²) in [4.78, 5) is 28.3. The summed E-state index contributed by atoms with van der Waals surface area (Å²) < 4.78 is 11.2. The van der Waals surface area contributed by atoms with Crippen LogP contribution in [0.2, 0.25) is 0 Å². The number of methoxy groups -OCH3 is 1. The van der Waals surface area contributed by atoms with E-state index in [1.807, 2.05) is 52.0 Å². The van der Waals surface area contributed by atoms with Gasteiger partial charge in [0.1, 0.15) is 17.3 Å². The second-order valence-electron chi connectivity index (χ2n) is 9.04.